The molecule has 2 aliphatic heterocycles. The standard InChI is InChI=1S/C14H25N3O3/c1-11(2)16(9-12-5-3-4-6-15-12)10-13(18)17-7-8-20-14(17)19/h11-12,15H,3-10H2,1-2H3. The van der Waals surface area contributed by atoms with E-state index in [1.165, 1.54) is 17.7 Å². The molecule has 0 aliphatic carbocycles. The summed E-state index contributed by atoms with van der Waals surface area (Å²) >= 11 is 0. The molecular weight excluding hydrogens is 258 g/mol. The quantitative estimate of drug-likeness (QED) is 0.809. The molecule has 2 amide bonds. The highest BCUT2D eigenvalue weighted by Gasteiger charge is 2.30. The van der Waals surface area contributed by atoms with Gasteiger partial charge in [0.15, 0.2) is 0 Å². The predicted octanol–water partition coefficient (Wildman–Crippen LogP) is 0.818. The second-order valence-electron chi connectivity index (χ2n) is 5.83. The minimum absolute atomic E-state index is 0.156. The Hall–Kier alpha value is -1.14. The van der Waals surface area contributed by atoms with Gasteiger partial charge in [0.05, 0.1) is 13.1 Å². The van der Waals surface area contributed by atoms with E-state index in [4.69, 9.17) is 4.74 Å². The van der Waals surface area contributed by atoms with E-state index in [0.29, 0.717) is 19.2 Å². The topological polar surface area (TPSA) is 61.9 Å². The number of cyclic esters (lactones) is 1. The molecule has 0 bridgehead atoms. The van der Waals surface area contributed by atoms with Gasteiger partial charge in [-0.3, -0.25) is 9.69 Å². The highest BCUT2D eigenvalue weighted by molar-refractivity contribution is 5.94. The first-order valence-electron chi connectivity index (χ1n) is 7.52. The van der Waals surface area contributed by atoms with Gasteiger partial charge in [0.1, 0.15) is 6.61 Å². The van der Waals surface area contributed by atoms with Crippen LogP contribution < -0.4 is 5.32 Å². The van der Waals surface area contributed by atoms with Crippen LogP contribution in [0.3, 0.4) is 0 Å². The van der Waals surface area contributed by atoms with Crippen molar-refractivity contribution < 1.29 is 14.3 Å². The van der Waals surface area contributed by atoms with Gasteiger partial charge in [0.25, 0.3) is 0 Å². The fourth-order valence-electron chi connectivity index (χ4n) is 2.70. The molecule has 6 heteroatoms. The Bertz CT molecular complexity index is 354. The Labute approximate surface area is 120 Å². The minimum Gasteiger partial charge on any atom is -0.447 e. The van der Waals surface area contributed by atoms with E-state index in [1.807, 2.05) is 0 Å². The summed E-state index contributed by atoms with van der Waals surface area (Å²) in [6.45, 7) is 7.05. The normalized spacial score (nSPS) is 23.5. The molecule has 1 N–H and O–H groups in total. The van der Waals surface area contributed by atoms with Gasteiger partial charge < -0.3 is 10.1 Å². The van der Waals surface area contributed by atoms with Gasteiger partial charge in [-0.25, -0.2) is 9.69 Å². The lowest BCUT2D eigenvalue weighted by Gasteiger charge is -2.33. The lowest BCUT2D eigenvalue weighted by Crippen LogP contribution is -2.49. The maximum Gasteiger partial charge on any atom is 0.416 e. The Morgan fingerprint density at radius 3 is 2.85 bits per heavy atom. The monoisotopic (exact) mass is 283 g/mol. The number of hydrogen-bond acceptors (Lipinski definition) is 5. The average molecular weight is 283 g/mol. The van der Waals surface area contributed by atoms with Crippen molar-refractivity contribution in [3.05, 3.63) is 0 Å². The molecule has 6 nitrogen and oxygen atoms in total. The molecule has 114 valence electrons. The SMILES string of the molecule is CC(C)N(CC(=O)N1CCOC1=O)CC1CCCCN1. The number of nitrogens with one attached hydrogen (secondary N) is 1. The largest absolute Gasteiger partial charge is 0.447 e. The van der Waals surface area contributed by atoms with Gasteiger partial charge in [-0.1, -0.05) is 6.42 Å². The third kappa shape index (κ3) is 3.93. The molecule has 2 saturated heterocycles. The molecule has 1 atom stereocenters. The Kier molecular flexibility index (Phi) is 5.37. The summed E-state index contributed by atoms with van der Waals surface area (Å²) < 4.78 is 4.81. The number of carbonyl (C=O) groups excluding carboxylic acids is 2. The lowest BCUT2D eigenvalue weighted by atomic mass is 10.0. The van der Waals surface area contributed by atoms with Crippen molar-refractivity contribution in [2.75, 3.05) is 32.8 Å². The zero-order valence-corrected chi connectivity index (χ0v) is 12.4. The number of ether oxygens (including phenoxy) is 1. The van der Waals surface area contributed by atoms with E-state index in [0.717, 1.165) is 19.5 Å². The number of carbonyl (C=O) groups is 2. The van der Waals surface area contributed by atoms with E-state index in [1.54, 1.807) is 0 Å². The van der Waals surface area contributed by atoms with Crippen LogP contribution in [0.5, 0.6) is 0 Å². The van der Waals surface area contributed by atoms with Crippen molar-refractivity contribution >= 4 is 12.0 Å². The van der Waals surface area contributed by atoms with Crippen LogP contribution in [0.2, 0.25) is 0 Å². The molecule has 0 aromatic heterocycles. The molecule has 2 fully saturated rings. The van der Waals surface area contributed by atoms with Crippen LogP contribution in [-0.4, -0.2) is 66.7 Å². The van der Waals surface area contributed by atoms with Crippen LogP contribution >= 0.6 is 0 Å². The van der Waals surface area contributed by atoms with E-state index in [9.17, 15) is 9.59 Å². The smallest absolute Gasteiger partial charge is 0.416 e. The maximum atomic E-state index is 12.2. The average Bonchev–Trinajstić information content (AvgIpc) is 2.85. The third-order valence-electron chi connectivity index (χ3n) is 4.00. The molecule has 0 aromatic carbocycles. The molecule has 2 heterocycles. The van der Waals surface area contributed by atoms with Crippen molar-refractivity contribution in [2.45, 2.75) is 45.2 Å². The van der Waals surface area contributed by atoms with Crippen molar-refractivity contribution in [1.82, 2.24) is 15.1 Å². The zero-order chi connectivity index (χ0) is 14.5. The van der Waals surface area contributed by atoms with Crippen molar-refractivity contribution in [1.29, 1.82) is 0 Å². The number of rotatable bonds is 5. The van der Waals surface area contributed by atoms with Gasteiger partial charge in [-0.2, -0.15) is 0 Å². The molecule has 20 heavy (non-hydrogen) atoms. The van der Waals surface area contributed by atoms with Gasteiger partial charge in [-0.15, -0.1) is 0 Å². The first kappa shape index (κ1) is 15.3. The minimum atomic E-state index is -0.505. The van der Waals surface area contributed by atoms with Gasteiger partial charge >= 0.3 is 6.09 Å². The number of amides is 2. The molecular formula is C14H25N3O3. The van der Waals surface area contributed by atoms with Crippen LogP contribution in [0.1, 0.15) is 33.1 Å². The van der Waals surface area contributed by atoms with E-state index in [2.05, 4.69) is 24.1 Å². The fraction of sp³-hybridized carbons (Fsp3) is 0.857. The van der Waals surface area contributed by atoms with Crippen LogP contribution in [0.25, 0.3) is 0 Å². The molecule has 1 unspecified atom stereocenters. The van der Waals surface area contributed by atoms with Gasteiger partial charge in [-0.05, 0) is 33.2 Å². The molecule has 0 saturated carbocycles. The summed E-state index contributed by atoms with van der Waals surface area (Å²) in [4.78, 5) is 26.9. The van der Waals surface area contributed by atoms with Crippen LogP contribution in [0.4, 0.5) is 4.79 Å². The Balaban J connectivity index is 1.87. The Morgan fingerprint density at radius 2 is 2.30 bits per heavy atom. The van der Waals surface area contributed by atoms with Crippen LogP contribution in [-0.2, 0) is 9.53 Å². The number of imide groups is 1. The summed E-state index contributed by atoms with van der Waals surface area (Å²) in [5.41, 5.74) is 0. The Morgan fingerprint density at radius 1 is 1.50 bits per heavy atom. The van der Waals surface area contributed by atoms with E-state index >= 15 is 0 Å². The van der Waals surface area contributed by atoms with Crippen molar-refractivity contribution in [3.63, 3.8) is 0 Å². The zero-order valence-electron chi connectivity index (χ0n) is 12.4. The highest BCUT2D eigenvalue weighted by Crippen LogP contribution is 2.12. The highest BCUT2D eigenvalue weighted by atomic mass is 16.6. The van der Waals surface area contributed by atoms with Crippen molar-refractivity contribution in [3.8, 4) is 0 Å². The first-order chi connectivity index (χ1) is 9.58. The molecule has 2 aliphatic rings. The third-order valence-corrected chi connectivity index (χ3v) is 4.00. The summed E-state index contributed by atoms with van der Waals surface area (Å²) in [6, 6.07) is 0.728. The maximum absolute atomic E-state index is 12.2. The fourth-order valence-corrected chi connectivity index (χ4v) is 2.70. The number of piperidine rings is 1. The molecule has 0 aromatic rings. The predicted molar refractivity (Wildman–Crippen MR) is 75.4 cm³/mol. The van der Waals surface area contributed by atoms with Gasteiger partial charge in [0, 0.05) is 18.6 Å². The van der Waals surface area contributed by atoms with Gasteiger partial charge in [0.2, 0.25) is 5.91 Å². The van der Waals surface area contributed by atoms with Crippen LogP contribution in [0.15, 0.2) is 0 Å². The molecule has 2 rings (SSSR count). The van der Waals surface area contributed by atoms with Crippen molar-refractivity contribution in [2.24, 2.45) is 0 Å². The second kappa shape index (κ2) is 7.04. The van der Waals surface area contributed by atoms with E-state index < -0.39 is 6.09 Å². The summed E-state index contributed by atoms with van der Waals surface area (Å²) in [6.07, 6.45) is 3.13. The number of hydrogen-bond donors (Lipinski definition) is 1. The summed E-state index contributed by atoms with van der Waals surface area (Å²) in [7, 11) is 0. The van der Waals surface area contributed by atoms with Crippen LogP contribution in [0, 0.1) is 0 Å². The molecule has 0 spiro atoms. The van der Waals surface area contributed by atoms with E-state index in [-0.39, 0.29) is 18.5 Å². The summed E-state index contributed by atoms with van der Waals surface area (Å²) in [5.74, 6) is -0.156. The second-order valence-corrected chi connectivity index (χ2v) is 5.83. The molecule has 0 radical (unpaired) electrons. The lowest BCUT2D eigenvalue weighted by molar-refractivity contribution is -0.129. The summed E-state index contributed by atoms with van der Waals surface area (Å²) in [5, 5.41) is 3.50. The first-order valence-corrected chi connectivity index (χ1v) is 7.52. The number of nitrogens with zero attached hydrogens (tertiary/aromatic N) is 2.